The van der Waals surface area contributed by atoms with Gasteiger partial charge in [-0.3, -0.25) is 9.59 Å². The quantitative estimate of drug-likeness (QED) is 0.894. The molecule has 2 rings (SSSR count). The number of carbonyl (C=O) groups is 1. The Morgan fingerprint density at radius 3 is 2.76 bits per heavy atom. The molecular weight excluding hydrogens is 272 g/mol. The van der Waals surface area contributed by atoms with Crippen molar-refractivity contribution in [3.05, 3.63) is 45.7 Å². The minimum Gasteiger partial charge on any atom is -0.398 e. The van der Waals surface area contributed by atoms with E-state index < -0.39 is 0 Å². The van der Waals surface area contributed by atoms with Crippen LogP contribution in [0.25, 0.3) is 0 Å². The van der Waals surface area contributed by atoms with E-state index >= 15 is 0 Å². The van der Waals surface area contributed by atoms with Gasteiger partial charge in [-0.2, -0.15) is 0 Å². The number of nitrogen functional groups attached to an aromatic ring is 1. The Balaban J connectivity index is 2.10. The fourth-order valence-corrected chi connectivity index (χ4v) is 1.99. The number of hydrogen-bond donors (Lipinski definition) is 1. The Kier molecular flexibility index (Phi) is 4.11. The molecule has 0 saturated heterocycles. The van der Waals surface area contributed by atoms with Gasteiger partial charge in [0.05, 0.1) is 12.2 Å². The van der Waals surface area contributed by atoms with Gasteiger partial charge in [-0.1, -0.05) is 5.16 Å². The second-order valence-electron chi connectivity index (χ2n) is 4.98. The molecule has 0 aromatic carbocycles. The number of carbonyl (C=O) groups excluding carboxylic acids is 1. The Labute approximate surface area is 121 Å². The van der Waals surface area contributed by atoms with Gasteiger partial charge < -0.3 is 19.7 Å². The lowest BCUT2D eigenvalue weighted by Gasteiger charge is -2.17. The second-order valence-corrected chi connectivity index (χ2v) is 4.98. The smallest absolute Gasteiger partial charge is 0.251 e. The van der Waals surface area contributed by atoms with E-state index in [1.54, 1.807) is 14.0 Å². The van der Waals surface area contributed by atoms with Crippen LogP contribution in [0, 0.1) is 13.8 Å². The number of amides is 1. The van der Waals surface area contributed by atoms with Gasteiger partial charge in [0.25, 0.3) is 5.56 Å². The zero-order valence-corrected chi connectivity index (χ0v) is 12.3. The van der Waals surface area contributed by atoms with E-state index in [4.69, 9.17) is 10.3 Å². The average molecular weight is 290 g/mol. The van der Waals surface area contributed by atoms with Gasteiger partial charge in [0.2, 0.25) is 5.91 Å². The number of pyridine rings is 1. The summed E-state index contributed by atoms with van der Waals surface area (Å²) in [5.41, 5.74) is 7.44. The van der Waals surface area contributed by atoms with Gasteiger partial charge in [0, 0.05) is 30.6 Å². The number of nitrogens with zero attached hydrogens (tertiary/aromatic N) is 3. The summed E-state index contributed by atoms with van der Waals surface area (Å²) in [6, 6.07) is 2.85. The Bertz CT molecular complexity index is 698. The number of aryl methyl sites for hydroxylation is 2. The standard InChI is InChI=1S/C14H18N4O3/c1-9-12(10(2)21-16-9)7-17(3)14(20)8-18-6-11(15)4-5-13(18)19/h4-6H,7-8,15H2,1-3H3. The van der Waals surface area contributed by atoms with Gasteiger partial charge in [-0.15, -0.1) is 0 Å². The highest BCUT2D eigenvalue weighted by atomic mass is 16.5. The lowest BCUT2D eigenvalue weighted by Crippen LogP contribution is -2.33. The van der Waals surface area contributed by atoms with Crippen LogP contribution in [0.3, 0.4) is 0 Å². The van der Waals surface area contributed by atoms with Crippen molar-refractivity contribution in [3.63, 3.8) is 0 Å². The summed E-state index contributed by atoms with van der Waals surface area (Å²) in [6.07, 6.45) is 1.46. The molecule has 2 N–H and O–H groups in total. The fraction of sp³-hybridized carbons (Fsp3) is 0.357. The minimum atomic E-state index is -0.261. The molecule has 0 bridgehead atoms. The Morgan fingerprint density at radius 1 is 1.43 bits per heavy atom. The predicted molar refractivity (Wildman–Crippen MR) is 77.6 cm³/mol. The number of rotatable bonds is 4. The maximum atomic E-state index is 12.2. The van der Waals surface area contributed by atoms with Crippen LogP contribution in [0.4, 0.5) is 5.69 Å². The third kappa shape index (κ3) is 3.31. The SMILES string of the molecule is Cc1noc(C)c1CN(C)C(=O)Cn1cc(N)ccc1=O. The monoisotopic (exact) mass is 290 g/mol. The highest BCUT2D eigenvalue weighted by Gasteiger charge is 2.16. The molecule has 0 saturated carbocycles. The van der Waals surface area contributed by atoms with Crippen LogP contribution in [-0.2, 0) is 17.9 Å². The van der Waals surface area contributed by atoms with Crippen LogP contribution >= 0.6 is 0 Å². The van der Waals surface area contributed by atoms with Crippen LogP contribution in [0.2, 0.25) is 0 Å². The molecule has 1 amide bonds. The van der Waals surface area contributed by atoms with Crippen molar-refractivity contribution < 1.29 is 9.32 Å². The molecule has 2 aromatic rings. The van der Waals surface area contributed by atoms with Crippen molar-refractivity contribution in [3.8, 4) is 0 Å². The fourth-order valence-electron chi connectivity index (χ4n) is 1.99. The predicted octanol–water partition coefficient (Wildman–Crippen LogP) is 0.694. The van der Waals surface area contributed by atoms with E-state index in [2.05, 4.69) is 5.16 Å². The van der Waals surface area contributed by atoms with Gasteiger partial charge >= 0.3 is 0 Å². The molecule has 0 unspecified atom stereocenters. The largest absolute Gasteiger partial charge is 0.398 e. The van der Waals surface area contributed by atoms with Crippen molar-refractivity contribution in [2.24, 2.45) is 0 Å². The van der Waals surface area contributed by atoms with E-state index in [1.165, 1.54) is 27.8 Å². The van der Waals surface area contributed by atoms with Crippen molar-refractivity contribution in [2.45, 2.75) is 26.9 Å². The first-order valence-electron chi connectivity index (χ1n) is 6.50. The summed E-state index contributed by atoms with van der Waals surface area (Å²) in [4.78, 5) is 25.4. The Hall–Kier alpha value is -2.57. The number of nitrogens with two attached hydrogens (primary N) is 1. The number of hydrogen-bond acceptors (Lipinski definition) is 5. The molecule has 2 heterocycles. The molecule has 0 aliphatic carbocycles. The van der Waals surface area contributed by atoms with Crippen LogP contribution in [-0.4, -0.2) is 27.6 Å². The van der Waals surface area contributed by atoms with E-state index in [-0.39, 0.29) is 18.0 Å². The zero-order valence-electron chi connectivity index (χ0n) is 12.3. The molecule has 21 heavy (non-hydrogen) atoms. The molecule has 0 fully saturated rings. The third-order valence-corrected chi connectivity index (χ3v) is 3.31. The van der Waals surface area contributed by atoms with Gasteiger partial charge in [-0.05, 0) is 19.9 Å². The summed E-state index contributed by atoms with van der Waals surface area (Å²) in [5.74, 6) is 0.496. The van der Waals surface area contributed by atoms with Crippen molar-refractivity contribution in [2.75, 3.05) is 12.8 Å². The highest BCUT2D eigenvalue weighted by Crippen LogP contribution is 2.14. The number of likely N-dealkylation sites (N-methyl/N-ethyl adjacent to an activating group) is 1. The summed E-state index contributed by atoms with van der Waals surface area (Å²) in [7, 11) is 1.67. The first kappa shape index (κ1) is 14.8. The number of aromatic nitrogens is 2. The maximum absolute atomic E-state index is 12.2. The summed E-state index contributed by atoms with van der Waals surface area (Å²) in [6.45, 7) is 3.96. The van der Waals surface area contributed by atoms with Crippen LogP contribution in [0.1, 0.15) is 17.0 Å². The van der Waals surface area contributed by atoms with Gasteiger partial charge in [-0.25, -0.2) is 0 Å². The molecule has 7 nitrogen and oxygen atoms in total. The third-order valence-electron chi connectivity index (χ3n) is 3.31. The topological polar surface area (TPSA) is 94.4 Å². The molecular formula is C14H18N4O3. The zero-order chi connectivity index (χ0) is 15.6. The second kappa shape index (κ2) is 5.82. The molecule has 0 spiro atoms. The van der Waals surface area contributed by atoms with E-state index in [0.717, 1.165) is 11.3 Å². The molecule has 2 aromatic heterocycles. The van der Waals surface area contributed by atoms with Crippen LogP contribution < -0.4 is 11.3 Å². The molecule has 0 aliphatic rings. The van der Waals surface area contributed by atoms with Gasteiger partial charge in [0.1, 0.15) is 12.3 Å². The molecule has 112 valence electrons. The van der Waals surface area contributed by atoms with Crippen molar-refractivity contribution in [1.29, 1.82) is 0 Å². The average Bonchev–Trinajstić information content (AvgIpc) is 2.74. The van der Waals surface area contributed by atoms with Crippen molar-refractivity contribution >= 4 is 11.6 Å². The normalized spacial score (nSPS) is 10.6. The molecule has 7 heteroatoms. The molecule has 0 atom stereocenters. The van der Waals surface area contributed by atoms with Crippen LogP contribution in [0.5, 0.6) is 0 Å². The maximum Gasteiger partial charge on any atom is 0.251 e. The first-order valence-corrected chi connectivity index (χ1v) is 6.50. The summed E-state index contributed by atoms with van der Waals surface area (Å²) >= 11 is 0. The summed E-state index contributed by atoms with van der Waals surface area (Å²) < 4.78 is 6.36. The molecule has 0 radical (unpaired) electrons. The van der Waals surface area contributed by atoms with Crippen LogP contribution in [0.15, 0.2) is 27.6 Å². The number of anilines is 1. The minimum absolute atomic E-state index is 0.0518. The lowest BCUT2D eigenvalue weighted by atomic mass is 10.2. The summed E-state index contributed by atoms with van der Waals surface area (Å²) in [5, 5.41) is 3.85. The Morgan fingerprint density at radius 2 is 2.14 bits per heavy atom. The van der Waals surface area contributed by atoms with Crippen molar-refractivity contribution in [1.82, 2.24) is 14.6 Å². The highest BCUT2D eigenvalue weighted by molar-refractivity contribution is 5.75. The first-order chi connectivity index (χ1) is 9.88. The van der Waals surface area contributed by atoms with Gasteiger partial charge in [0.15, 0.2) is 0 Å². The lowest BCUT2D eigenvalue weighted by molar-refractivity contribution is -0.131. The van der Waals surface area contributed by atoms with E-state index in [0.29, 0.717) is 18.0 Å². The van der Waals surface area contributed by atoms with E-state index in [1.807, 2.05) is 6.92 Å². The van der Waals surface area contributed by atoms with E-state index in [9.17, 15) is 9.59 Å². The molecule has 0 aliphatic heterocycles.